The fraction of sp³-hybridized carbons (Fsp3) is 0.500. The fourth-order valence-electron chi connectivity index (χ4n) is 2.57. The van der Waals surface area contributed by atoms with Crippen LogP contribution in [0.2, 0.25) is 0 Å². The largest absolute Gasteiger partial charge is 0.465 e. The first-order valence-corrected chi connectivity index (χ1v) is 7.25. The van der Waals surface area contributed by atoms with Gasteiger partial charge in [-0.1, -0.05) is 12.1 Å². The van der Waals surface area contributed by atoms with E-state index < -0.39 is 0 Å². The molecule has 1 aliphatic rings. The number of ether oxygens (including phenoxy) is 1. The summed E-state index contributed by atoms with van der Waals surface area (Å²) in [6, 6.07) is 7.31. The molecule has 5 nitrogen and oxygen atoms in total. The molecule has 0 bridgehead atoms. The number of carbonyl (C=O) groups is 2. The number of nitrogens with zero attached hydrogens (tertiary/aromatic N) is 1. The van der Waals surface area contributed by atoms with Gasteiger partial charge in [0.25, 0.3) is 0 Å². The maximum absolute atomic E-state index is 12.1. The SMILES string of the molecule is COC(=O)c1cccc(CC(=O)CN2CCC(N)CC2)c1. The van der Waals surface area contributed by atoms with Crippen LogP contribution in [0.15, 0.2) is 24.3 Å². The van der Waals surface area contributed by atoms with E-state index in [1.54, 1.807) is 18.2 Å². The van der Waals surface area contributed by atoms with Crippen molar-refractivity contribution in [3.8, 4) is 0 Å². The number of hydrogen-bond donors (Lipinski definition) is 1. The Hall–Kier alpha value is -1.72. The van der Waals surface area contributed by atoms with Gasteiger partial charge in [0, 0.05) is 25.6 Å². The smallest absolute Gasteiger partial charge is 0.337 e. The average Bonchev–Trinajstić information content (AvgIpc) is 2.49. The molecule has 0 spiro atoms. The molecule has 2 N–H and O–H groups in total. The van der Waals surface area contributed by atoms with Gasteiger partial charge in [0.1, 0.15) is 0 Å². The van der Waals surface area contributed by atoms with Gasteiger partial charge in [0.05, 0.1) is 19.2 Å². The van der Waals surface area contributed by atoms with E-state index in [-0.39, 0.29) is 17.8 Å². The van der Waals surface area contributed by atoms with Crippen LogP contribution in [-0.4, -0.2) is 49.4 Å². The van der Waals surface area contributed by atoms with Crippen molar-refractivity contribution in [1.82, 2.24) is 4.90 Å². The Kier molecular flexibility index (Phi) is 5.47. The number of esters is 1. The Labute approximate surface area is 125 Å². The van der Waals surface area contributed by atoms with E-state index >= 15 is 0 Å². The minimum absolute atomic E-state index is 0.160. The summed E-state index contributed by atoms with van der Waals surface area (Å²) in [6.07, 6.45) is 2.24. The minimum atomic E-state index is -0.380. The molecule has 1 heterocycles. The molecule has 0 aliphatic carbocycles. The van der Waals surface area contributed by atoms with Gasteiger partial charge in [0.2, 0.25) is 0 Å². The Bertz CT molecular complexity index is 508. The first-order chi connectivity index (χ1) is 10.1. The van der Waals surface area contributed by atoms with Crippen LogP contribution in [0, 0.1) is 0 Å². The van der Waals surface area contributed by atoms with Gasteiger partial charge in [-0.05, 0) is 30.5 Å². The van der Waals surface area contributed by atoms with E-state index in [0.717, 1.165) is 31.5 Å². The molecule has 5 heteroatoms. The Morgan fingerprint density at radius 1 is 1.33 bits per heavy atom. The highest BCUT2D eigenvalue weighted by Gasteiger charge is 2.18. The summed E-state index contributed by atoms with van der Waals surface area (Å²) in [7, 11) is 1.35. The zero-order valence-corrected chi connectivity index (χ0v) is 12.4. The number of nitrogens with two attached hydrogens (primary N) is 1. The summed E-state index contributed by atoms with van der Waals surface area (Å²) in [5, 5.41) is 0. The van der Waals surface area contributed by atoms with Crippen LogP contribution in [0.5, 0.6) is 0 Å². The molecule has 1 aromatic rings. The molecule has 0 radical (unpaired) electrons. The second-order valence-corrected chi connectivity index (χ2v) is 5.52. The summed E-state index contributed by atoms with van der Waals surface area (Å²) in [4.78, 5) is 25.7. The number of piperidine rings is 1. The highest BCUT2D eigenvalue weighted by atomic mass is 16.5. The number of likely N-dealkylation sites (tertiary alicyclic amines) is 1. The molecule has 21 heavy (non-hydrogen) atoms. The Balaban J connectivity index is 1.89. The number of carbonyl (C=O) groups excluding carboxylic acids is 2. The summed E-state index contributed by atoms with van der Waals surface area (Å²) in [5.41, 5.74) is 7.18. The zero-order chi connectivity index (χ0) is 15.2. The Morgan fingerprint density at radius 2 is 2.05 bits per heavy atom. The van der Waals surface area contributed by atoms with Crippen molar-refractivity contribution in [2.24, 2.45) is 5.73 Å². The second-order valence-electron chi connectivity index (χ2n) is 5.52. The number of rotatable bonds is 5. The molecule has 2 rings (SSSR count). The molecule has 1 aromatic carbocycles. The van der Waals surface area contributed by atoms with E-state index in [1.807, 2.05) is 6.07 Å². The maximum Gasteiger partial charge on any atom is 0.337 e. The predicted octanol–water partition coefficient (Wildman–Crippen LogP) is 1.01. The van der Waals surface area contributed by atoms with Crippen LogP contribution in [0.1, 0.15) is 28.8 Å². The molecule has 0 unspecified atom stereocenters. The molecule has 0 amide bonds. The van der Waals surface area contributed by atoms with Crippen LogP contribution in [0.4, 0.5) is 0 Å². The summed E-state index contributed by atoms with van der Waals surface area (Å²) in [5.74, 6) is -0.221. The first kappa shape index (κ1) is 15.7. The summed E-state index contributed by atoms with van der Waals surface area (Å²) in [6.45, 7) is 2.22. The molecular weight excluding hydrogens is 268 g/mol. The van der Waals surface area contributed by atoms with Gasteiger partial charge in [-0.2, -0.15) is 0 Å². The lowest BCUT2D eigenvalue weighted by molar-refractivity contribution is -0.119. The van der Waals surface area contributed by atoms with E-state index in [2.05, 4.69) is 9.64 Å². The van der Waals surface area contributed by atoms with E-state index in [1.165, 1.54) is 7.11 Å². The van der Waals surface area contributed by atoms with Crippen LogP contribution >= 0.6 is 0 Å². The fourth-order valence-corrected chi connectivity index (χ4v) is 2.57. The lowest BCUT2D eigenvalue weighted by atomic mass is 10.0. The molecule has 0 atom stereocenters. The van der Waals surface area contributed by atoms with Crippen LogP contribution in [-0.2, 0) is 16.0 Å². The van der Waals surface area contributed by atoms with E-state index in [4.69, 9.17) is 5.73 Å². The van der Waals surface area contributed by atoms with E-state index in [9.17, 15) is 9.59 Å². The van der Waals surface area contributed by atoms with Crippen LogP contribution < -0.4 is 5.73 Å². The minimum Gasteiger partial charge on any atom is -0.465 e. The molecule has 1 saturated heterocycles. The third kappa shape index (κ3) is 4.65. The normalized spacial score (nSPS) is 16.7. The molecule has 1 fully saturated rings. The number of hydrogen-bond acceptors (Lipinski definition) is 5. The number of ketones is 1. The maximum atomic E-state index is 12.1. The van der Waals surface area contributed by atoms with Gasteiger partial charge in [0.15, 0.2) is 5.78 Å². The van der Waals surface area contributed by atoms with Gasteiger partial charge in [-0.3, -0.25) is 9.69 Å². The standard InChI is InChI=1S/C16H22N2O3/c1-21-16(20)13-4-2-3-12(9-13)10-15(19)11-18-7-5-14(17)6-8-18/h2-4,9,14H,5-8,10-11,17H2,1H3. The van der Waals surface area contributed by atoms with Crippen LogP contribution in [0.25, 0.3) is 0 Å². The van der Waals surface area contributed by atoms with Crippen molar-refractivity contribution in [3.63, 3.8) is 0 Å². The van der Waals surface area contributed by atoms with Crippen molar-refractivity contribution in [1.29, 1.82) is 0 Å². The highest BCUT2D eigenvalue weighted by molar-refractivity contribution is 5.90. The third-order valence-electron chi connectivity index (χ3n) is 3.78. The second kappa shape index (κ2) is 7.33. The molecular formula is C16H22N2O3. The molecule has 0 saturated carbocycles. The van der Waals surface area contributed by atoms with Crippen molar-refractivity contribution in [2.45, 2.75) is 25.3 Å². The monoisotopic (exact) mass is 290 g/mol. The van der Waals surface area contributed by atoms with Gasteiger partial charge in [-0.25, -0.2) is 4.79 Å². The number of benzene rings is 1. The molecule has 114 valence electrons. The number of methoxy groups -OCH3 is 1. The lowest BCUT2D eigenvalue weighted by Crippen LogP contribution is -2.42. The molecule has 0 aromatic heterocycles. The van der Waals surface area contributed by atoms with Crippen LogP contribution in [0.3, 0.4) is 0 Å². The van der Waals surface area contributed by atoms with E-state index in [0.29, 0.717) is 18.5 Å². The van der Waals surface area contributed by atoms with Gasteiger partial charge in [-0.15, -0.1) is 0 Å². The average molecular weight is 290 g/mol. The van der Waals surface area contributed by atoms with Gasteiger partial charge < -0.3 is 10.5 Å². The third-order valence-corrected chi connectivity index (χ3v) is 3.78. The summed E-state index contributed by atoms with van der Waals surface area (Å²) >= 11 is 0. The topological polar surface area (TPSA) is 72.6 Å². The summed E-state index contributed by atoms with van der Waals surface area (Å²) < 4.78 is 4.68. The Morgan fingerprint density at radius 3 is 2.71 bits per heavy atom. The van der Waals surface area contributed by atoms with Crippen molar-refractivity contribution in [2.75, 3.05) is 26.7 Å². The predicted molar refractivity (Wildman–Crippen MR) is 80.1 cm³/mol. The zero-order valence-electron chi connectivity index (χ0n) is 12.4. The van der Waals surface area contributed by atoms with Gasteiger partial charge >= 0.3 is 5.97 Å². The highest BCUT2D eigenvalue weighted by Crippen LogP contribution is 2.10. The number of Topliss-reactive ketones (excluding diaryl/α,β-unsaturated/α-hetero) is 1. The molecule has 1 aliphatic heterocycles. The lowest BCUT2D eigenvalue weighted by Gasteiger charge is -2.29. The quantitative estimate of drug-likeness (QED) is 0.819. The van der Waals surface area contributed by atoms with Crippen molar-refractivity contribution in [3.05, 3.63) is 35.4 Å². The van der Waals surface area contributed by atoms with Crippen molar-refractivity contribution < 1.29 is 14.3 Å². The van der Waals surface area contributed by atoms with Crippen molar-refractivity contribution >= 4 is 11.8 Å². The first-order valence-electron chi connectivity index (χ1n) is 7.25.